The molecule has 0 aliphatic rings. The van der Waals surface area contributed by atoms with Crippen molar-refractivity contribution < 1.29 is 14.8 Å². The van der Waals surface area contributed by atoms with Gasteiger partial charge in [-0.1, -0.05) is 0 Å². The number of aromatic nitrogens is 1. The second kappa shape index (κ2) is 2.91. The van der Waals surface area contributed by atoms with Gasteiger partial charge in [0.25, 0.3) is 0 Å². The molecular weight excluding hydrogens is 153 g/mol. The summed E-state index contributed by atoms with van der Waals surface area (Å²) >= 11 is 1.04. The maximum absolute atomic E-state index is 10.0. The second-order valence-corrected chi connectivity index (χ2v) is 2.49. The molecule has 1 aromatic heterocycles. The van der Waals surface area contributed by atoms with Gasteiger partial charge in [0.15, 0.2) is 6.29 Å². The molecule has 0 bridgehead atoms. The molecule has 0 aliphatic heterocycles. The Morgan fingerprint density at radius 2 is 2.40 bits per heavy atom. The van der Waals surface area contributed by atoms with Crippen LogP contribution in [0.5, 0.6) is 0 Å². The minimum Gasteiger partial charge on any atom is -0.422 e. The number of rotatable bonds is 2. The fourth-order valence-corrected chi connectivity index (χ4v) is 1.10. The van der Waals surface area contributed by atoms with Gasteiger partial charge in [0.1, 0.15) is 10.6 Å². The number of carbonyl (C=O) groups is 1. The average molecular weight is 157 g/mol. The third kappa shape index (κ3) is 1.41. The van der Waals surface area contributed by atoms with Gasteiger partial charge in [-0.25, -0.2) is 4.98 Å². The van der Waals surface area contributed by atoms with Crippen LogP contribution in [0.25, 0.3) is 0 Å². The number of hydrogen-bond acceptors (Lipinski definition) is 5. The lowest BCUT2D eigenvalue weighted by Crippen LogP contribution is -2.29. The summed E-state index contributed by atoms with van der Waals surface area (Å²) in [6.45, 7) is 0. The molecule has 0 aromatic carbocycles. The largest absolute Gasteiger partial charge is 0.519 e. The van der Waals surface area contributed by atoms with Gasteiger partial charge in [0, 0.05) is 5.38 Å². The Morgan fingerprint density at radius 3 is 2.70 bits per heavy atom. The van der Waals surface area contributed by atoms with Crippen LogP contribution in [0.2, 0.25) is 0 Å². The summed E-state index contributed by atoms with van der Waals surface area (Å²) in [5.74, 6) is 0. The van der Waals surface area contributed by atoms with E-state index in [1.807, 2.05) is 0 Å². The van der Waals surface area contributed by atoms with Crippen molar-refractivity contribution in [2.45, 2.75) is 0 Å². The summed E-state index contributed by atoms with van der Waals surface area (Å²) in [5, 5.41) is 18.5. The molecule has 0 atom stereocenters. The maximum Gasteiger partial charge on any atom is 0.519 e. The molecule has 4 nitrogen and oxygen atoms in total. The van der Waals surface area contributed by atoms with Crippen molar-refractivity contribution in [2.75, 3.05) is 0 Å². The molecule has 1 aromatic rings. The van der Waals surface area contributed by atoms with E-state index < -0.39 is 7.12 Å². The summed E-state index contributed by atoms with van der Waals surface area (Å²) in [7, 11) is -1.57. The summed E-state index contributed by atoms with van der Waals surface area (Å²) < 4.78 is 0. The van der Waals surface area contributed by atoms with Crippen molar-refractivity contribution in [3.05, 3.63) is 11.1 Å². The number of aldehydes is 1. The molecule has 0 aliphatic carbocycles. The first-order chi connectivity index (χ1) is 4.74. The third-order valence-corrected chi connectivity index (χ3v) is 1.78. The molecule has 0 spiro atoms. The molecule has 2 N–H and O–H groups in total. The molecule has 0 amide bonds. The highest BCUT2D eigenvalue weighted by atomic mass is 32.1. The van der Waals surface area contributed by atoms with Crippen molar-refractivity contribution in [1.29, 1.82) is 0 Å². The Balaban J connectivity index is 2.88. The van der Waals surface area contributed by atoms with E-state index in [9.17, 15) is 4.79 Å². The van der Waals surface area contributed by atoms with E-state index in [4.69, 9.17) is 10.0 Å². The van der Waals surface area contributed by atoms with E-state index in [2.05, 4.69) is 4.98 Å². The molecule has 0 unspecified atom stereocenters. The number of nitrogens with zero attached hydrogens (tertiary/aromatic N) is 1. The molecule has 0 fully saturated rings. The van der Waals surface area contributed by atoms with Crippen LogP contribution in [0.4, 0.5) is 0 Å². The molecule has 1 rings (SSSR count). The molecule has 1 heterocycles. The van der Waals surface area contributed by atoms with Crippen LogP contribution in [0.1, 0.15) is 10.5 Å². The second-order valence-electron chi connectivity index (χ2n) is 1.60. The minimum absolute atomic E-state index is 0.141. The Kier molecular flexibility index (Phi) is 2.15. The number of carbonyl (C=O) groups excluding carboxylic acids is 1. The maximum atomic E-state index is 10.0. The smallest absolute Gasteiger partial charge is 0.422 e. The highest BCUT2D eigenvalue weighted by molar-refractivity contribution is 7.20. The zero-order valence-electron chi connectivity index (χ0n) is 4.89. The third-order valence-electron chi connectivity index (χ3n) is 0.881. The molecule has 52 valence electrons. The standard InChI is InChI=1S/C4H4BNO3S/c7-1-3-2-10-4(6-3)5(8)9/h1-2,8-9H. The Bertz CT molecular complexity index is 236. The van der Waals surface area contributed by atoms with Gasteiger partial charge in [-0.3, -0.25) is 4.79 Å². The number of hydrogen-bond donors (Lipinski definition) is 2. The van der Waals surface area contributed by atoms with Crippen molar-refractivity contribution in [3.63, 3.8) is 0 Å². The lowest BCUT2D eigenvalue weighted by atomic mass is 9.94. The monoisotopic (exact) mass is 157 g/mol. The van der Waals surface area contributed by atoms with Crippen molar-refractivity contribution in [2.24, 2.45) is 0 Å². The molecule has 0 saturated heterocycles. The topological polar surface area (TPSA) is 70.4 Å². The molecular formula is C4H4BNO3S. The van der Waals surface area contributed by atoms with Crippen LogP contribution >= 0.6 is 11.3 Å². The lowest BCUT2D eigenvalue weighted by Gasteiger charge is -1.86. The van der Waals surface area contributed by atoms with E-state index in [1.54, 1.807) is 0 Å². The van der Waals surface area contributed by atoms with Crippen molar-refractivity contribution >= 4 is 29.6 Å². The van der Waals surface area contributed by atoms with Gasteiger partial charge in [-0.15, -0.1) is 11.3 Å². The van der Waals surface area contributed by atoms with Crippen LogP contribution in [0.3, 0.4) is 0 Å². The average Bonchev–Trinajstić information content (AvgIpc) is 2.34. The van der Waals surface area contributed by atoms with Crippen molar-refractivity contribution in [3.8, 4) is 0 Å². The van der Waals surface area contributed by atoms with E-state index >= 15 is 0 Å². The highest BCUT2D eigenvalue weighted by Gasteiger charge is 2.14. The number of thiazole rings is 1. The Labute approximate surface area is 61.3 Å². The van der Waals surface area contributed by atoms with E-state index in [-0.39, 0.29) is 10.6 Å². The summed E-state index contributed by atoms with van der Waals surface area (Å²) in [6.07, 6.45) is 0.558. The first kappa shape index (κ1) is 7.39. The quantitative estimate of drug-likeness (QED) is 0.410. The van der Waals surface area contributed by atoms with Gasteiger partial charge in [-0.2, -0.15) is 0 Å². The summed E-state index contributed by atoms with van der Waals surface area (Å²) in [4.78, 5) is 13.7. The van der Waals surface area contributed by atoms with Gasteiger partial charge in [0.05, 0.1) is 0 Å². The molecule has 6 heteroatoms. The van der Waals surface area contributed by atoms with Crippen LogP contribution in [-0.2, 0) is 0 Å². The Hall–Kier alpha value is -0.715. The SMILES string of the molecule is O=Cc1csc(B(O)O)n1. The molecule has 0 radical (unpaired) electrons. The minimum atomic E-state index is -1.57. The van der Waals surface area contributed by atoms with Crippen LogP contribution in [-0.4, -0.2) is 28.4 Å². The van der Waals surface area contributed by atoms with E-state index in [1.165, 1.54) is 5.38 Å². The zero-order valence-corrected chi connectivity index (χ0v) is 5.71. The predicted molar refractivity (Wildman–Crippen MR) is 37.3 cm³/mol. The van der Waals surface area contributed by atoms with Crippen LogP contribution < -0.4 is 4.91 Å². The molecule has 10 heavy (non-hydrogen) atoms. The summed E-state index contributed by atoms with van der Waals surface area (Å²) in [5.41, 5.74) is 0.230. The van der Waals surface area contributed by atoms with Gasteiger partial charge in [-0.05, 0) is 0 Å². The Morgan fingerprint density at radius 1 is 1.70 bits per heavy atom. The lowest BCUT2D eigenvalue weighted by molar-refractivity contribution is 0.112. The summed E-state index contributed by atoms with van der Waals surface area (Å²) in [6, 6.07) is 0. The fraction of sp³-hybridized carbons (Fsp3) is 0. The first-order valence-electron chi connectivity index (χ1n) is 2.51. The normalized spacial score (nSPS) is 9.40. The van der Waals surface area contributed by atoms with E-state index in [0.29, 0.717) is 6.29 Å². The van der Waals surface area contributed by atoms with Crippen LogP contribution in [0.15, 0.2) is 5.38 Å². The van der Waals surface area contributed by atoms with Crippen molar-refractivity contribution in [1.82, 2.24) is 4.98 Å². The van der Waals surface area contributed by atoms with Gasteiger partial charge < -0.3 is 10.0 Å². The fourth-order valence-electron chi connectivity index (χ4n) is 0.473. The van der Waals surface area contributed by atoms with Gasteiger partial charge in [0.2, 0.25) is 0 Å². The zero-order chi connectivity index (χ0) is 7.56. The van der Waals surface area contributed by atoms with Gasteiger partial charge >= 0.3 is 7.12 Å². The molecule has 0 saturated carbocycles. The first-order valence-corrected chi connectivity index (χ1v) is 3.38. The highest BCUT2D eigenvalue weighted by Crippen LogP contribution is 1.95. The van der Waals surface area contributed by atoms with E-state index in [0.717, 1.165) is 11.3 Å². The van der Waals surface area contributed by atoms with Crippen LogP contribution in [0, 0.1) is 0 Å². The predicted octanol–water partition coefficient (Wildman–Crippen LogP) is -1.36.